The van der Waals surface area contributed by atoms with Crippen molar-refractivity contribution in [1.29, 1.82) is 0 Å². The number of para-hydroxylation sites is 1. The lowest BCUT2D eigenvalue weighted by molar-refractivity contribution is 0.102. The number of anilines is 1. The second kappa shape index (κ2) is 8.67. The normalized spacial score (nSPS) is 14.4. The molecule has 28 heavy (non-hydrogen) atoms. The Morgan fingerprint density at radius 2 is 1.82 bits per heavy atom. The van der Waals surface area contributed by atoms with Gasteiger partial charge in [-0.15, -0.1) is 0 Å². The number of piperidine rings is 1. The fourth-order valence-electron chi connectivity index (χ4n) is 3.47. The SMILES string of the molecule is O=C(Nc1cccc(C2CCNCC2)c1)c1cccnc1Oc1ccccc1. The van der Waals surface area contributed by atoms with E-state index < -0.39 is 0 Å². The molecule has 5 heteroatoms. The van der Waals surface area contributed by atoms with Gasteiger partial charge in [-0.3, -0.25) is 4.79 Å². The molecule has 1 saturated heterocycles. The molecule has 0 bridgehead atoms. The summed E-state index contributed by atoms with van der Waals surface area (Å²) in [4.78, 5) is 17.1. The van der Waals surface area contributed by atoms with Crippen molar-refractivity contribution in [3.05, 3.63) is 84.1 Å². The van der Waals surface area contributed by atoms with Crippen LogP contribution in [0.3, 0.4) is 0 Å². The first-order valence-corrected chi connectivity index (χ1v) is 9.59. The van der Waals surface area contributed by atoms with Gasteiger partial charge in [0.05, 0.1) is 0 Å². The Bertz CT molecular complexity index is 937. The van der Waals surface area contributed by atoms with Gasteiger partial charge in [0.2, 0.25) is 5.88 Å². The Labute approximate surface area is 164 Å². The van der Waals surface area contributed by atoms with Gasteiger partial charge in [0.15, 0.2) is 0 Å². The Morgan fingerprint density at radius 3 is 2.64 bits per heavy atom. The lowest BCUT2D eigenvalue weighted by atomic mass is 9.90. The fourth-order valence-corrected chi connectivity index (χ4v) is 3.47. The number of carbonyl (C=O) groups excluding carboxylic acids is 1. The monoisotopic (exact) mass is 373 g/mol. The van der Waals surface area contributed by atoms with E-state index in [9.17, 15) is 4.79 Å². The van der Waals surface area contributed by atoms with E-state index in [4.69, 9.17) is 4.74 Å². The van der Waals surface area contributed by atoms with E-state index in [0.717, 1.165) is 31.6 Å². The van der Waals surface area contributed by atoms with E-state index >= 15 is 0 Å². The molecule has 0 atom stereocenters. The summed E-state index contributed by atoms with van der Waals surface area (Å²) in [7, 11) is 0. The van der Waals surface area contributed by atoms with Crippen molar-refractivity contribution >= 4 is 11.6 Å². The summed E-state index contributed by atoms with van der Waals surface area (Å²) < 4.78 is 5.81. The van der Waals surface area contributed by atoms with Crippen molar-refractivity contribution in [2.75, 3.05) is 18.4 Å². The number of amides is 1. The summed E-state index contributed by atoms with van der Waals surface area (Å²) in [5.74, 6) is 1.24. The second-order valence-electron chi connectivity index (χ2n) is 6.88. The van der Waals surface area contributed by atoms with Gasteiger partial charge in [0, 0.05) is 11.9 Å². The summed E-state index contributed by atoms with van der Waals surface area (Å²) in [5, 5.41) is 6.38. The Kier molecular flexibility index (Phi) is 5.64. The molecule has 1 aromatic heterocycles. The minimum Gasteiger partial charge on any atom is -0.438 e. The summed E-state index contributed by atoms with van der Waals surface area (Å²) in [6.45, 7) is 2.08. The number of nitrogens with zero attached hydrogens (tertiary/aromatic N) is 1. The number of aromatic nitrogens is 1. The third-order valence-electron chi connectivity index (χ3n) is 4.93. The number of benzene rings is 2. The number of rotatable bonds is 5. The average Bonchev–Trinajstić information content (AvgIpc) is 2.76. The molecule has 1 aliphatic rings. The van der Waals surface area contributed by atoms with Crippen LogP contribution in [0.2, 0.25) is 0 Å². The van der Waals surface area contributed by atoms with Gasteiger partial charge in [-0.05, 0) is 73.8 Å². The Morgan fingerprint density at radius 1 is 1.00 bits per heavy atom. The maximum Gasteiger partial charge on any atom is 0.261 e. The number of hydrogen-bond donors (Lipinski definition) is 2. The molecule has 4 rings (SSSR count). The maximum atomic E-state index is 12.9. The topological polar surface area (TPSA) is 63.2 Å². The fraction of sp³-hybridized carbons (Fsp3) is 0.217. The van der Waals surface area contributed by atoms with Gasteiger partial charge in [0.25, 0.3) is 5.91 Å². The van der Waals surface area contributed by atoms with E-state index in [2.05, 4.69) is 27.8 Å². The van der Waals surface area contributed by atoms with Crippen LogP contribution in [0.15, 0.2) is 72.9 Å². The molecular formula is C23H23N3O2. The van der Waals surface area contributed by atoms with E-state index in [1.54, 1.807) is 18.3 Å². The molecule has 142 valence electrons. The van der Waals surface area contributed by atoms with Gasteiger partial charge in [-0.25, -0.2) is 4.98 Å². The first kappa shape index (κ1) is 18.2. The Hall–Kier alpha value is -3.18. The molecule has 2 heterocycles. The van der Waals surface area contributed by atoms with Crippen molar-refractivity contribution in [3.63, 3.8) is 0 Å². The van der Waals surface area contributed by atoms with Crippen molar-refractivity contribution < 1.29 is 9.53 Å². The van der Waals surface area contributed by atoms with Crippen LogP contribution in [0.4, 0.5) is 5.69 Å². The first-order valence-electron chi connectivity index (χ1n) is 9.59. The smallest absolute Gasteiger partial charge is 0.261 e. The molecule has 1 aliphatic heterocycles. The average molecular weight is 373 g/mol. The zero-order chi connectivity index (χ0) is 19.2. The highest BCUT2D eigenvalue weighted by Gasteiger charge is 2.17. The molecule has 5 nitrogen and oxygen atoms in total. The van der Waals surface area contributed by atoms with Gasteiger partial charge < -0.3 is 15.4 Å². The molecule has 1 fully saturated rings. The minimum atomic E-state index is -0.235. The second-order valence-corrected chi connectivity index (χ2v) is 6.88. The van der Waals surface area contributed by atoms with Crippen LogP contribution >= 0.6 is 0 Å². The summed E-state index contributed by atoms with van der Waals surface area (Å²) in [5.41, 5.74) is 2.46. The van der Waals surface area contributed by atoms with Crippen molar-refractivity contribution in [3.8, 4) is 11.6 Å². The number of carbonyl (C=O) groups is 1. The molecule has 0 unspecified atom stereocenters. The Balaban J connectivity index is 1.51. The molecular weight excluding hydrogens is 350 g/mol. The predicted octanol–water partition coefficient (Wildman–Crippen LogP) is 4.59. The first-order chi connectivity index (χ1) is 13.8. The zero-order valence-corrected chi connectivity index (χ0v) is 15.6. The molecule has 2 aromatic carbocycles. The summed E-state index contributed by atoms with van der Waals surface area (Å²) in [6, 6.07) is 20.9. The van der Waals surface area contributed by atoms with Crippen LogP contribution in [0.25, 0.3) is 0 Å². The van der Waals surface area contributed by atoms with E-state index in [1.807, 2.05) is 42.5 Å². The third-order valence-corrected chi connectivity index (χ3v) is 4.93. The van der Waals surface area contributed by atoms with E-state index in [1.165, 1.54) is 5.56 Å². The summed E-state index contributed by atoms with van der Waals surface area (Å²) in [6.07, 6.45) is 3.86. The van der Waals surface area contributed by atoms with Crippen LogP contribution in [-0.2, 0) is 0 Å². The van der Waals surface area contributed by atoms with E-state index in [-0.39, 0.29) is 5.91 Å². The standard InChI is InChI=1S/C23H23N3O2/c27-22(21-10-5-13-25-23(21)28-20-8-2-1-3-9-20)26-19-7-4-6-18(16-19)17-11-14-24-15-12-17/h1-10,13,16-17,24H,11-12,14-15H2,(H,26,27). The quantitative estimate of drug-likeness (QED) is 0.686. The molecule has 0 saturated carbocycles. The van der Waals surface area contributed by atoms with Crippen LogP contribution in [0, 0.1) is 0 Å². The number of nitrogens with one attached hydrogen (secondary N) is 2. The van der Waals surface area contributed by atoms with Gasteiger partial charge in [-0.2, -0.15) is 0 Å². The lowest BCUT2D eigenvalue weighted by Crippen LogP contribution is -2.26. The highest BCUT2D eigenvalue weighted by Crippen LogP contribution is 2.28. The van der Waals surface area contributed by atoms with Crippen molar-refractivity contribution in [2.24, 2.45) is 0 Å². The van der Waals surface area contributed by atoms with Crippen LogP contribution in [0.1, 0.15) is 34.7 Å². The zero-order valence-electron chi connectivity index (χ0n) is 15.6. The van der Waals surface area contributed by atoms with Crippen LogP contribution in [0.5, 0.6) is 11.6 Å². The summed E-state index contributed by atoms with van der Waals surface area (Å²) >= 11 is 0. The van der Waals surface area contributed by atoms with Crippen molar-refractivity contribution in [1.82, 2.24) is 10.3 Å². The highest BCUT2D eigenvalue weighted by molar-refractivity contribution is 6.05. The number of ether oxygens (including phenoxy) is 1. The largest absolute Gasteiger partial charge is 0.438 e. The molecule has 3 aromatic rings. The maximum absolute atomic E-state index is 12.9. The van der Waals surface area contributed by atoms with Gasteiger partial charge in [-0.1, -0.05) is 30.3 Å². The number of hydrogen-bond acceptors (Lipinski definition) is 4. The molecule has 0 aliphatic carbocycles. The van der Waals surface area contributed by atoms with Gasteiger partial charge in [0.1, 0.15) is 11.3 Å². The van der Waals surface area contributed by atoms with Crippen molar-refractivity contribution in [2.45, 2.75) is 18.8 Å². The van der Waals surface area contributed by atoms with E-state index in [0.29, 0.717) is 23.1 Å². The number of pyridine rings is 1. The predicted molar refractivity (Wildman–Crippen MR) is 110 cm³/mol. The van der Waals surface area contributed by atoms with Gasteiger partial charge >= 0.3 is 0 Å². The molecule has 0 spiro atoms. The molecule has 1 amide bonds. The molecule has 0 radical (unpaired) electrons. The van der Waals surface area contributed by atoms with Crippen LogP contribution in [-0.4, -0.2) is 24.0 Å². The third kappa shape index (κ3) is 4.38. The van der Waals surface area contributed by atoms with Crippen LogP contribution < -0.4 is 15.4 Å². The molecule has 2 N–H and O–H groups in total. The lowest BCUT2D eigenvalue weighted by Gasteiger charge is -2.23. The minimum absolute atomic E-state index is 0.235. The highest BCUT2D eigenvalue weighted by atomic mass is 16.5.